The predicted molar refractivity (Wildman–Crippen MR) is 69.1 cm³/mol. The fraction of sp³-hybridized carbons (Fsp3) is 0.333. The minimum atomic E-state index is 0.0139. The van der Waals surface area contributed by atoms with E-state index in [0.29, 0.717) is 0 Å². The van der Waals surface area contributed by atoms with Gasteiger partial charge in [0.1, 0.15) is 0 Å². The fourth-order valence-electron chi connectivity index (χ4n) is 2.67. The minimum Gasteiger partial charge on any atom is -0.329 e. The van der Waals surface area contributed by atoms with Gasteiger partial charge in [-0.15, -0.1) is 0 Å². The van der Waals surface area contributed by atoms with Crippen LogP contribution in [0.4, 0.5) is 0 Å². The lowest BCUT2D eigenvalue weighted by Crippen LogP contribution is -2.13. The predicted octanol–water partition coefficient (Wildman–Crippen LogP) is 2.87. The molecule has 2 aromatic rings. The normalized spacial score (nSPS) is 18.1. The van der Waals surface area contributed by atoms with Gasteiger partial charge in [-0.1, -0.05) is 30.3 Å². The van der Waals surface area contributed by atoms with Gasteiger partial charge in [0.05, 0.1) is 29.7 Å². The van der Waals surface area contributed by atoms with E-state index in [1.54, 1.807) is 0 Å². The van der Waals surface area contributed by atoms with Gasteiger partial charge in [0.25, 0.3) is 0 Å². The summed E-state index contributed by atoms with van der Waals surface area (Å²) < 4.78 is 2.14. The van der Waals surface area contributed by atoms with Crippen molar-refractivity contribution < 1.29 is 0 Å². The van der Waals surface area contributed by atoms with Crippen LogP contribution in [0.2, 0.25) is 0 Å². The Kier molecular flexibility index (Phi) is 2.85. The third kappa shape index (κ3) is 1.91. The maximum Gasteiger partial charge on any atom is 0.0955 e. The first-order valence-electron chi connectivity index (χ1n) is 6.36. The van der Waals surface area contributed by atoms with Crippen LogP contribution in [-0.2, 0) is 13.0 Å². The van der Waals surface area contributed by atoms with E-state index in [1.165, 1.54) is 5.56 Å². The molecule has 0 bridgehead atoms. The Bertz CT molecular complexity index is 578. The van der Waals surface area contributed by atoms with Crippen molar-refractivity contribution in [2.45, 2.75) is 31.7 Å². The van der Waals surface area contributed by atoms with Crippen molar-refractivity contribution in [1.82, 2.24) is 9.55 Å². The quantitative estimate of drug-likeness (QED) is 0.806. The van der Waals surface area contributed by atoms with Crippen molar-refractivity contribution in [2.75, 3.05) is 0 Å². The third-order valence-corrected chi connectivity index (χ3v) is 3.55. The lowest BCUT2D eigenvalue weighted by Gasteiger charge is -2.18. The summed E-state index contributed by atoms with van der Waals surface area (Å²) in [6, 6.07) is 12.7. The minimum absolute atomic E-state index is 0.0139. The van der Waals surface area contributed by atoms with Crippen LogP contribution in [-0.4, -0.2) is 9.55 Å². The number of fused-ring (bicyclic) bond motifs is 1. The van der Waals surface area contributed by atoms with Crippen molar-refractivity contribution in [3.05, 3.63) is 53.6 Å². The molecule has 1 aliphatic carbocycles. The molecule has 1 atom stereocenters. The monoisotopic (exact) mass is 237 g/mol. The zero-order chi connectivity index (χ0) is 12.4. The molecule has 18 heavy (non-hydrogen) atoms. The zero-order valence-electron chi connectivity index (χ0n) is 10.2. The summed E-state index contributed by atoms with van der Waals surface area (Å²) in [6.45, 7) is 0.807. The molecule has 1 aliphatic rings. The molecular weight excluding hydrogens is 222 g/mol. The highest BCUT2D eigenvalue weighted by Gasteiger charge is 2.24. The first kappa shape index (κ1) is 11.0. The van der Waals surface area contributed by atoms with E-state index in [1.807, 2.05) is 24.5 Å². The Balaban J connectivity index is 1.95. The van der Waals surface area contributed by atoms with Crippen LogP contribution in [0.25, 0.3) is 0 Å². The number of nitrogens with zero attached hydrogens (tertiary/aromatic N) is 3. The first-order valence-corrected chi connectivity index (χ1v) is 6.36. The van der Waals surface area contributed by atoms with Gasteiger partial charge < -0.3 is 4.57 Å². The molecule has 3 heteroatoms. The molecule has 1 aromatic carbocycles. The molecule has 1 aromatic heterocycles. The standard InChI is InChI=1S/C15H15N3/c16-9-13-7-4-8-14-15(13)18(11-17-14)10-12-5-2-1-3-6-12/h1-3,5-6,11,13H,4,7-8,10H2. The number of benzene rings is 1. The van der Waals surface area contributed by atoms with Crippen LogP contribution in [0.5, 0.6) is 0 Å². The second-order valence-electron chi connectivity index (χ2n) is 4.76. The van der Waals surface area contributed by atoms with Crippen molar-refractivity contribution in [1.29, 1.82) is 5.26 Å². The maximum atomic E-state index is 9.26. The lowest BCUT2D eigenvalue weighted by molar-refractivity contribution is 0.586. The van der Waals surface area contributed by atoms with E-state index in [-0.39, 0.29) is 5.92 Å². The first-order chi connectivity index (χ1) is 8.88. The Labute approximate surface area is 107 Å². The number of aryl methyl sites for hydroxylation is 1. The lowest BCUT2D eigenvalue weighted by atomic mass is 9.91. The van der Waals surface area contributed by atoms with E-state index < -0.39 is 0 Å². The van der Waals surface area contributed by atoms with Gasteiger partial charge in [-0.05, 0) is 24.8 Å². The molecule has 3 nitrogen and oxygen atoms in total. The Hall–Kier alpha value is -2.08. The van der Waals surface area contributed by atoms with Crippen LogP contribution in [0, 0.1) is 11.3 Å². The van der Waals surface area contributed by atoms with Crippen molar-refractivity contribution in [3.8, 4) is 6.07 Å². The molecule has 0 spiro atoms. The number of aromatic nitrogens is 2. The van der Waals surface area contributed by atoms with Gasteiger partial charge in [-0.25, -0.2) is 4.98 Å². The highest BCUT2D eigenvalue weighted by atomic mass is 15.1. The Morgan fingerprint density at radius 1 is 1.33 bits per heavy atom. The average molecular weight is 237 g/mol. The summed E-state index contributed by atoms with van der Waals surface area (Å²) >= 11 is 0. The number of imidazole rings is 1. The summed E-state index contributed by atoms with van der Waals surface area (Å²) in [5, 5.41) is 9.26. The van der Waals surface area contributed by atoms with Gasteiger partial charge in [0.2, 0.25) is 0 Å². The van der Waals surface area contributed by atoms with E-state index in [0.717, 1.165) is 37.2 Å². The summed E-state index contributed by atoms with van der Waals surface area (Å²) in [4.78, 5) is 4.46. The number of rotatable bonds is 2. The van der Waals surface area contributed by atoms with Crippen LogP contribution < -0.4 is 0 Å². The Morgan fingerprint density at radius 3 is 2.94 bits per heavy atom. The van der Waals surface area contributed by atoms with Gasteiger partial charge in [-0.2, -0.15) is 5.26 Å². The van der Waals surface area contributed by atoms with Gasteiger partial charge in [0.15, 0.2) is 0 Å². The third-order valence-electron chi connectivity index (χ3n) is 3.55. The summed E-state index contributed by atoms with van der Waals surface area (Å²) in [5.41, 5.74) is 3.50. The van der Waals surface area contributed by atoms with E-state index in [9.17, 15) is 5.26 Å². The highest BCUT2D eigenvalue weighted by molar-refractivity contribution is 5.28. The second-order valence-corrected chi connectivity index (χ2v) is 4.76. The number of hydrogen-bond donors (Lipinski definition) is 0. The molecule has 0 saturated heterocycles. The molecule has 0 amide bonds. The molecule has 0 radical (unpaired) electrons. The number of hydrogen-bond acceptors (Lipinski definition) is 2. The number of nitriles is 1. The van der Waals surface area contributed by atoms with Gasteiger partial charge >= 0.3 is 0 Å². The van der Waals surface area contributed by atoms with Crippen molar-refractivity contribution >= 4 is 0 Å². The van der Waals surface area contributed by atoms with Crippen LogP contribution in [0.1, 0.15) is 35.7 Å². The zero-order valence-corrected chi connectivity index (χ0v) is 10.2. The molecule has 0 aliphatic heterocycles. The van der Waals surface area contributed by atoms with Gasteiger partial charge in [0, 0.05) is 6.54 Å². The smallest absolute Gasteiger partial charge is 0.0955 e. The van der Waals surface area contributed by atoms with E-state index in [4.69, 9.17) is 0 Å². The molecule has 0 saturated carbocycles. The summed E-state index contributed by atoms with van der Waals surface area (Å²) in [5.74, 6) is 0.0139. The molecule has 0 fully saturated rings. The van der Waals surface area contributed by atoms with Gasteiger partial charge in [-0.3, -0.25) is 0 Å². The molecule has 0 N–H and O–H groups in total. The molecule has 1 heterocycles. The SMILES string of the molecule is N#CC1CCCc2ncn(Cc3ccccc3)c21. The summed E-state index contributed by atoms with van der Waals surface area (Å²) in [7, 11) is 0. The van der Waals surface area contributed by atoms with E-state index in [2.05, 4.69) is 27.8 Å². The highest BCUT2D eigenvalue weighted by Crippen LogP contribution is 2.30. The van der Waals surface area contributed by atoms with Crippen LogP contribution in [0.15, 0.2) is 36.7 Å². The largest absolute Gasteiger partial charge is 0.329 e. The van der Waals surface area contributed by atoms with Crippen molar-refractivity contribution in [2.24, 2.45) is 0 Å². The van der Waals surface area contributed by atoms with E-state index >= 15 is 0 Å². The fourth-order valence-corrected chi connectivity index (χ4v) is 2.67. The molecule has 3 rings (SSSR count). The molecular formula is C15H15N3. The van der Waals surface area contributed by atoms with Crippen LogP contribution in [0.3, 0.4) is 0 Å². The Morgan fingerprint density at radius 2 is 2.17 bits per heavy atom. The molecule has 90 valence electrons. The molecule has 1 unspecified atom stereocenters. The average Bonchev–Trinajstić information content (AvgIpc) is 2.83. The maximum absolute atomic E-state index is 9.26. The topological polar surface area (TPSA) is 41.6 Å². The van der Waals surface area contributed by atoms with Crippen molar-refractivity contribution in [3.63, 3.8) is 0 Å². The summed E-state index contributed by atoms with van der Waals surface area (Å²) in [6.07, 6.45) is 4.93. The second kappa shape index (κ2) is 4.66. The van der Waals surface area contributed by atoms with Crippen LogP contribution >= 0.6 is 0 Å².